The molecule has 2 nitrogen and oxygen atoms in total. The van der Waals surface area contributed by atoms with Crippen LogP contribution in [0.5, 0.6) is 0 Å². The van der Waals surface area contributed by atoms with Gasteiger partial charge in [0.15, 0.2) is 0 Å². The molecule has 112 valence electrons. The van der Waals surface area contributed by atoms with Crippen molar-refractivity contribution in [2.24, 2.45) is 0 Å². The molecule has 0 aliphatic heterocycles. The van der Waals surface area contributed by atoms with Gasteiger partial charge in [0, 0.05) is 29.9 Å². The average Bonchev–Trinajstić information content (AvgIpc) is 2.89. The molecule has 0 aliphatic rings. The van der Waals surface area contributed by atoms with Crippen LogP contribution in [0.4, 0.5) is 13.2 Å². The van der Waals surface area contributed by atoms with E-state index in [2.05, 4.69) is 0 Å². The predicted octanol–water partition coefficient (Wildman–Crippen LogP) is 4.71. The first-order valence-electron chi connectivity index (χ1n) is 6.73. The van der Waals surface area contributed by atoms with Crippen LogP contribution in [0.3, 0.4) is 0 Å². The highest BCUT2D eigenvalue weighted by Gasteiger charge is 2.30. The Bertz CT molecular complexity index is 831. The number of benzene rings is 2. The van der Waals surface area contributed by atoms with Crippen LogP contribution >= 0.6 is 0 Å². The minimum Gasteiger partial charge on any atom is -0.343 e. The fourth-order valence-electron chi connectivity index (χ4n) is 2.49. The van der Waals surface area contributed by atoms with Crippen LogP contribution in [0.2, 0.25) is 0 Å². The number of nitrogens with one attached hydrogen (secondary N) is 1. The Morgan fingerprint density at radius 1 is 1.05 bits per heavy atom. The number of halogens is 3. The molecule has 5 heteroatoms. The van der Waals surface area contributed by atoms with E-state index in [4.69, 9.17) is 5.41 Å². The number of alkyl halides is 3. The zero-order valence-electron chi connectivity index (χ0n) is 11.6. The maximum atomic E-state index is 12.8. The van der Waals surface area contributed by atoms with E-state index < -0.39 is 11.7 Å². The van der Waals surface area contributed by atoms with Gasteiger partial charge in [-0.25, -0.2) is 0 Å². The standard InChI is InChI=1S/C17H13F3N2/c18-17(19,20)15-3-1-2-13(9-15)11-22-7-6-14-8-12(10-21)4-5-16(14)22/h1-10,21H,11H2. The number of rotatable bonds is 3. The Kier molecular flexibility index (Phi) is 3.48. The van der Waals surface area contributed by atoms with E-state index in [1.54, 1.807) is 6.07 Å². The van der Waals surface area contributed by atoms with Gasteiger partial charge in [-0.1, -0.05) is 18.2 Å². The van der Waals surface area contributed by atoms with Crippen molar-refractivity contribution in [3.63, 3.8) is 0 Å². The van der Waals surface area contributed by atoms with Crippen molar-refractivity contribution < 1.29 is 13.2 Å². The van der Waals surface area contributed by atoms with Crippen LogP contribution in [0, 0.1) is 5.41 Å². The lowest BCUT2D eigenvalue weighted by Crippen LogP contribution is -2.06. The Balaban J connectivity index is 1.95. The Labute approximate surface area is 125 Å². The van der Waals surface area contributed by atoms with Gasteiger partial charge in [0.05, 0.1) is 5.56 Å². The molecule has 3 rings (SSSR count). The molecule has 1 heterocycles. The summed E-state index contributed by atoms with van der Waals surface area (Å²) in [5.41, 5.74) is 1.70. The number of hydrogen-bond donors (Lipinski definition) is 1. The monoisotopic (exact) mass is 302 g/mol. The summed E-state index contributed by atoms with van der Waals surface area (Å²) in [6.07, 6.45) is -1.21. The van der Waals surface area contributed by atoms with Gasteiger partial charge in [0.1, 0.15) is 0 Å². The second-order valence-corrected chi connectivity index (χ2v) is 5.10. The molecule has 0 amide bonds. The van der Waals surface area contributed by atoms with E-state index >= 15 is 0 Å². The lowest BCUT2D eigenvalue weighted by molar-refractivity contribution is -0.137. The fourth-order valence-corrected chi connectivity index (χ4v) is 2.49. The predicted molar refractivity (Wildman–Crippen MR) is 80.4 cm³/mol. The molecule has 0 atom stereocenters. The van der Waals surface area contributed by atoms with E-state index in [0.29, 0.717) is 12.1 Å². The van der Waals surface area contributed by atoms with E-state index in [1.165, 1.54) is 18.3 Å². The molecule has 1 N–H and O–H groups in total. The van der Waals surface area contributed by atoms with Gasteiger partial charge in [-0.2, -0.15) is 13.2 Å². The molecule has 0 saturated heterocycles. The van der Waals surface area contributed by atoms with Crippen molar-refractivity contribution in [2.45, 2.75) is 12.7 Å². The maximum Gasteiger partial charge on any atom is 0.416 e. The first kappa shape index (κ1) is 14.4. The zero-order chi connectivity index (χ0) is 15.7. The molecule has 0 fully saturated rings. The SMILES string of the molecule is N=Cc1ccc2c(ccn2Cc2cccc(C(F)(F)F)c2)c1. The molecular formula is C17H13F3N2. The first-order valence-corrected chi connectivity index (χ1v) is 6.73. The molecule has 0 aliphatic carbocycles. The van der Waals surface area contributed by atoms with E-state index in [0.717, 1.165) is 22.5 Å². The second-order valence-electron chi connectivity index (χ2n) is 5.10. The van der Waals surface area contributed by atoms with Crippen molar-refractivity contribution in [2.75, 3.05) is 0 Å². The summed E-state index contributed by atoms with van der Waals surface area (Å²) in [6.45, 7) is 0.372. The third kappa shape index (κ3) is 2.74. The number of fused-ring (bicyclic) bond motifs is 1. The molecule has 0 unspecified atom stereocenters. The number of nitrogens with zero attached hydrogens (tertiary/aromatic N) is 1. The molecule has 22 heavy (non-hydrogen) atoms. The van der Waals surface area contributed by atoms with Gasteiger partial charge in [-0.3, -0.25) is 0 Å². The van der Waals surface area contributed by atoms with E-state index in [1.807, 2.05) is 35.0 Å². The van der Waals surface area contributed by atoms with Crippen molar-refractivity contribution >= 4 is 17.1 Å². The number of aromatic nitrogens is 1. The molecule has 1 aromatic heterocycles. The van der Waals surface area contributed by atoms with Gasteiger partial charge in [-0.15, -0.1) is 0 Å². The third-order valence-electron chi connectivity index (χ3n) is 3.57. The van der Waals surface area contributed by atoms with Crippen molar-refractivity contribution in [3.8, 4) is 0 Å². The summed E-state index contributed by atoms with van der Waals surface area (Å²) in [5.74, 6) is 0. The summed E-state index contributed by atoms with van der Waals surface area (Å²) in [5, 5.41) is 8.21. The van der Waals surface area contributed by atoms with Crippen LogP contribution in [-0.2, 0) is 12.7 Å². The third-order valence-corrected chi connectivity index (χ3v) is 3.57. The van der Waals surface area contributed by atoms with Crippen molar-refractivity contribution in [1.29, 1.82) is 5.41 Å². The number of hydrogen-bond acceptors (Lipinski definition) is 1. The molecule has 0 radical (unpaired) electrons. The van der Waals surface area contributed by atoms with Gasteiger partial charge < -0.3 is 9.98 Å². The normalized spacial score (nSPS) is 11.8. The summed E-state index contributed by atoms with van der Waals surface area (Å²) >= 11 is 0. The topological polar surface area (TPSA) is 28.8 Å². The summed E-state index contributed by atoms with van der Waals surface area (Å²) in [6, 6.07) is 12.8. The van der Waals surface area contributed by atoms with Gasteiger partial charge in [0.2, 0.25) is 0 Å². The zero-order valence-corrected chi connectivity index (χ0v) is 11.6. The lowest BCUT2D eigenvalue weighted by atomic mass is 10.1. The summed E-state index contributed by atoms with van der Waals surface area (Å²) < 4.78 is 40.2. The maximum absolute atomic E-state index is 12.8. The molecule has 3 aromatic rings. The van der Waals surface area contributed by atoms with Gasteiger partial charge in [-0.05, 0) is 41.5 Å². The summed E-state index contributed by atoms with van der Waals surface area (Å²) in [7, 11) is 0. The van der Waals surface area contributed by atoms with Crippen molar-refractivity contribution in [1.82, 2.24) is 4.57 Å². The molecule has 0 spiro atoms. The largest absolute Gasteiger partial charge is 0.416 e. The Hall–Kier alpha value is -2.56. The fraction of sp³-hybridized carbons (Fsp3) is 0.118. The minimum atomic E-state index is -4.33. The van der Waals surface area contributed by atoms with Crippen LogP contribution < -0.4 is 0 Å². The quantitative estimate of drug-likeness (QED) is 0.679. The highest BCUT2D eigenvalue weighted by molar-refractivity contribution is 5.88. The minimum absolute atomic E-state index is 0.372. The second kappa shape index (κ2) is 5.33. The van der Waals surface area contributed by atoms with E-state index in [-0.39, 0.29) is 0 Å². The molecular weight excluding hydrogens is 289 g/mol. The Morgan fingerprint density at radius 2 is 1.86 bits per heavy atom. The van der Waals surface area contributed by atoms with Crippen LogP contribution in [-0.4, -0.2) is 10.8 Å². The highest BCUT2D eigenvalue weighted by atomic mass is 19.4. The summed E-state index contributed by atoms with van der Waals surface area (Å²) in [4.78, 5) is 0. The van der Waals surface area contributed by atoms with E-state index in [9.17, 15) is 13.2 Å². The average molecular weight is 302 g/mol. The molecule has 0 saturated carbocycles. The van der Waals surface area contributed by atoms with Crippen molar-refractivity contribution in [3.05, 3.63) is 71.4 Å². The molecule has 2 aromatic carbocycles. The first-order chi connectivity index (χ1) is 10.5. The van der Waals surface area contributed by atoms with Crippen LogP contribution in [0.1, 0.15) is 16.7 Å². The highest BCUT2D eigenvalue weighted by Crippen LogP contribution is 2.30. The Morgan fingerprint density at radius 3 is 2.59 bits per heavy atom. The molecule has 0 bridgehead atoms. The van der Waals surface area contributed by atoms with Gasteiger partial charge >= 0.3 is 6.18 Å². The lowest BCUT2D eigenvalue weighted by Gasteiger charge is -2.10. The van der Waals surface area contributed by atoms with Gasteiger partial charge in [0.25, 0.3) is 0 Å². The van der Waals surface area contributed by atoms with Crippen LogP contribution in [0.25, 0.3) is 10.9 Å². The smallest absolute Gasteiger partial charge is 0.343 e. The van der Waals surface area contributed by atoms with Crippen LogP contribution in [0.15, 0.2) is 54.7 Å².